The van der Waals surface area contributed by atoms with E-state index in [9.17, 15) is 4.79 Å². The van der Waals surface area contributed by atoms with E-state index in [0.717, 1.165) is 28.1 Å². The van der Waals surface area contributed by atoms with E-state index in [1.54, 1.807) is 23.9 Å². The zero-order chi connectivity index (χ0) is 16.8. The summed E-state index contributed by atoms with van der Waals surface area (Å²) in [5.74, 6) is 1.18. The minimum Gasteiger partial charge on any atom is -0.325 e. The third-order valence-corrected chi connectivity index (χ3v) is 4.53. The Balaban J connectivity index is 1.87. The molecule has 0 heterocycles. The van der Waals surface area contributed by atoms with Crippen molar-refractivity contribution in [1.29, 1.82) is 5.26 Å². The van der Waals surface area contributed by atoms with Crippen LogP contribution in [-0.2, 0) is 10.5 Å². The second kappa shape index (κ2) is 7.85. The topological polar surface area (TPSA) is 52.9 Å². The molecule has 0 fully saturated rings. The second-order valence-corrected chi connectivity index (χ2v) is 6.61. The summed E-state index contributed by atoms with van der Waals surface area (Å²) in [6.07, 6.45) is 0. The molecule has 0 saturated heterocycles. The Hall–Kier alpha value is -2.25. The van der Waals surface area contributed by atoms with Gasteiger partial charge in [0.2, 0.25) is 5.91 Å². The lowest BCUT2D eigenvalue weighted by Crippen LogP contribution is -2.16. The normalized spacial score (nSPS) is 10.2. The zero-order valence-corrected chi connectivity index (χ0v) is 14.5. The van der Waals surface area contributed by atoms with Crippen molar-refractivity contribution >= 4 is 23.4 Å². The van der Waals surface area contributed by atoms with Crippen molar-refractivity contribution in [2.24, 2.45) is 0 Å². The van der Waals surface area contributed by atoms with E-state index in [2.05, 4.69) is 30.4 Å². The maximum atomic E-state index is 12.1. The lowest BCUT2D eigenvalue weighted by atomic mass is 10.1. The molecule has 2 aromatic rings. The molecule has 1 amide bonds. The Morgan fingerprint density at radius 1 is 1.13 bits per heavy atom. The van der Waals surface area contributed by atoms with Crippen molar-refractivity contribution < 1.29 is 4.79 Å². The van der Waals surface area contributed by atoms with Gasteiger partial charge in [0.1, 0.15) is 0 Å². The molecule has 0 unspecified atom stereocenters. The number of hydrogen-bond acceptors (Lipinski definition) is 3. The van der Waals surface area contributed by atoms with E-state index in [4.69, 9.17) is 5.26 Å². The number of carbonyl (C=O) groups excluding carboxylic acids is 1. The van der Waals surface area contributed by atoms with Crippen LogP contribution in [-0.4, -0.2) is 11.7 Å². The highest BCUT2D eigenvalue weighted by atomic mass is 32.2. The van der Waals surface area contributed by atoms with Crippen LogP contribution in [0.5, 0.6) is 0 Å². The number of thioether (sulfide) groups is 1. The Bertz CT molecular complexity index is 722. The number of amides is 1. The van der Waals surface area contributed by atoms with E-state index in [1.807, 2.05) is 26.0 Å². The molecule has 0 spiro atoms. The van der Waals surface area contributed by atoms with Gasteiger partial charge >= 0.3 is 0 Å². The van der Waals surface area contributed by atoms with Gasteiger partial charge in [-0.05, 0) is 49.6 Å². The maximum Gasteiger partial charge on any atom is 0.234 e. The van der Waals surface area contributed by atoms with Crippen LogP contribution in [0.15, 0.2) is 36.4 Å². The highest BCUT2D eigenvalue weighted by molar-refractivity contribution is 7.99. The summed E-state index contributed by atoms with van der Waals surface area (Å²) in [4.78, 5) is 12.1. The van der Waals surface area contributed by atoms with Crippen LogP contribution in [0, 0.1) is 32.1 Å². The van der Waals surface area contributed by atoms with Gasteiger partial charge in [-0.1, -0.05) is 29.8 Å². The number of nitriles is 1. The molecular formula is C19H20N2OS. The molecule has 0 radical (unpaired) electrons. The van der Waals surface area contributed by atoms with Gasteiger partial charge in [-0.3, -0.25) is 4.79 Å². The summed E-state index contributed by atoms with van der Waals surface area (Å²) in [7, 11) is 0. The molecule has 0 atom stereocenters. The monoisotopic (exact) mass is 324 g/mol. The van der Waals surface area contributed by atoms with Gasteiger partial charge in [-0.15, -0.1) is 11.8 Å². The number of nitrogens with zero attached hydrogens (tertiary/aromatic N) is 1. The maximum absolute atomic E-state index is 12.1. The van der Waals surface area contributed by atoms with Crippen molar-refractivity contribution in [3.05, 3.63) is 64.2 Å². The summed E-state index contributed by atoms with van der Waals surface area (Å²) >= 11 is 1.57. The molecule has 0 aliphatic rings. The number of carbonyl (C=O) groups is 1. The average Bonchev–Trinajstić information content (AvgIpc) is 2.51. The predicted octanol–water partition coefficient (Wildman–Crippen LogP) is 4.36. The largest absolute Gasteiger partial charge is 0.325 e. The fourth-order valence-electron chi connectivity index (χ4n) is 2.49. The van der Waals surface area contributed by atoms with E-state index < -0.39 is 0 Å². The lowest BCUT2D eigenvalue weighted by Gasteiger charge is -2.12. The fraction of sp³-hybridized carbons (Fsp3) is 0.263. The molecule has 118 valence electrons. The molecule has 3 nitrogen and oxygen atoms in total. The van der Waals surface area contributed by atoms with Gasteiger partial charge in [0.15, 0.2) is 0 Å². The molecular weight excluding hydrogens is 304 g/mol. The minimum absolute atomic E-state index is 0.0127. The highest BCUT2D eigenvalue weighted by Crippen LogP contribution is 2.22. The first kappa shape index (κ1) is 17.1. The van der Waals surface area contributed by atoms with Crippen molar-refractivity contribution in [1.82, 2.24) is 0 Å². The van der Waals surface area contributed by atoms with Crippen LogP contribution >= 0.6 is 11.8 Å². The van der Waals surface area contributed by atoms with Crippen LogP contribution < -0.4 is 5.32 Å². The van der Waals surface area contributed by atoms with Crippen LogP contribution in [0.25, 0.3) is 0 Å². The summed E-state index contributed by atoms with van der Waals surface area (Å²) in [6.45, 7) is 6.08. The van der Waals surface area contributed by atoms with Crippen molar-refractivity contribution in [3.63, 3.8) is 0 Å². The first-order valence-corrected chi connectivity index (χ1v) is 8.59. The highest BCUT2D eigenvalue weighted by Gasteiger charge is 2.08. The van der Waals surface area contributed by atoms with Crippen molar-refractivity contribution in [3.8, 4) is 6.07 Å². The van der Waals surface area contributed by atoms with Gasteiger partial charge in [-0.2, -0.15) is 5.26 Å². The summed E-state index contributed by atoms with van der Waals surface area (Å²) in [6, 6.07) is 13.7. The van der Waals surface area contributed by atoms with Crippen molar-refractivity contribution in [2.45, 2.75) is 26.5 Å². The Morgan fingerprint density at radius 3 is 2.30 bits per heavy atom. The molecule has 0 saturated carbocycles. The molecule has 0 aromatic heterocycles. The van der Waals surface area contributed by atoms with Crippen LogP contribution in [0.1, 0.15) is 27.8 Å². The molecule has 0 aliphatic heterocycles. The molecule has 23 heavy (non-hydrogen) atoms. The fourth-order valence-corrected chi connectivity index (χ4v) is 3.28. The third-order valence-electron chi connectivity index (χ3n) is 3.53. The van der Waals surface area contributed by atoms with Crippen molar-refractivity contribution in [2.75, 3.05) is 11.1 Å². The standard InChI is InChI=1S/C19H20N2OS/c1-13-8-14(2)19(15(3)9-13)21-18(22)12-23-11-17-6-4-16(10-20)5-7-17/h4-9H,11-12H2,1-3H3,(H,21,22). The van der Waals surface area contributed by atoms with E-state index >= 15 is 0 Å². The molecule has 4 heteroatoms. The van der Waals surface area contributed by atoms with E-state index in [0.29, 0.717) is 11.3 Å². The molecule has 2 rings (SSSR count). The van der Waals surface area contributed by atoms with Gasteiger partial charge < -0.3 is 5.32 Å². The van der Waals surface area contributed by atoms with Gasteiger partial charge in [0.25, 0.3) is 0 Å². The Morgan fingerprint density at radius 2 is 1.74 bits per heavy atom. The van der Waals surface area contributed by atoms with Crippen LogP contribution in [0.2, 0.25) is 0 Å². The summed E-state index contributed by atoms with van der Waals surface area (Å²) in [5.41, 5.74) is 6.07. The number of rotatable bonds is 5. The summed E-state index contributed by atoms with van der Waals surface area (Å²) in [5, 5.41) is 11.8. The molecule has 0 bridgehead atoms. The number of benzene rings is 2. The second-order valence-electron chi connectivity index (χ2n) is 5.62. The van der Waals surface area contributed by atoms with Gasteiger partial charge in [0.05, 0.1) is 17.4 Å². The SMILES string of the molecule is Cc1cc(C)c(NC(=O)CSCc2ccc(C#N)cc2)c(C)c1. The molecule has 1 N–H and O–H groups in total. The van der Waals surface area contributed by atoms with Crippen LogP contribution in [0.4, 0.5) is 5.69 Å². The minimum atomic E-state index is 0.0127. The predicted molar refractivity (Wildman–Crippen MR) is 96.6 cm³/mol. The van der Waals surface area contributed by atoms with Gasteiger partial charge in [0, 0.05) is 11.4 Å². The van der Waals surface area contributed by atoms with E-state index in [1.165, 1.54) is 5.56 Å². The molecule has 2 aromatic carbocycles. The Labute approximate surface area is 141 Å². The average molecular weight is 324 g/mol. The molecule has 0 aliphatic carbocycles. The van der Waals surface area contributed by atoms with E-state index in [-0.39, 0.29) is 5.91 Å². The smallest absolute Gasteiger partial charge is 0.234 e. The number of anilines is 1. The van der Waals surface area contributed by atoms with Crippen LogP contribution in [0.3, 0.4) is 0 Å². The quantitative estimate of drug-likeness (QED) is 0.889. The zero-order valence-electron chi connectivity index (χ0n) is 13.6. The number of aryl methyl sites for hydroxylation is 3. The number of hydrogen-bond donors (Lipinski definition) is 1. The third kappa shape index (κ3) is 4.87. The first-order valence-electron chi connectivity index (χ1n) is 7.44. The summed E-state index contributed by atoms with van der Waals surface area (Å²) < 4.78 is 0. The number of nitrogens with one attached hydrogen (secondary N) is 1. The Kier molecular flexibility index (Phi) is 5.84. The van der Waals surface area contributed by atoms with Gasteiger partial charge in [-0.25, -0.2) is 0 Å². The lowest BCUT2D eigenvalue weighted by molar-refractivity contribution is -0.113. The first-order chi connectivity index (χ1) is 11.0.